The lowest BCUT2D eigenvalue weighted by Gasteiger charge is -2.01. The molecule has 1 aromatic carbocycles. The number of aromatic hydroxyl groups is 1. The molecule has 0 fully saturated rings. The minimum absolute atomic E-state index is 0.168. The van der Waals surface area contributed by atoms with E-state index < -0.39 is 23.0 Å². The molecule has 0 unspecified atom stereocenters. The van der Waals surface area contributed by atoms with Crippen molar-refractivity contribution in [3.63, 3.8) is 0 Å². The van der Waals surface area contributed by atoms with Crippen molar-refractivity contribution in [2.75, 3.05) is 0 Å². The Hall–Kier alpha value is -2.83. The highest BCUT2D eigenvalue weighted by Crippen LogP contribution is 2.19. The molecule has 3 aromatic rings. The van der Waals surface area contributed by atoms with Crippen LogP contribution in [-0.4, -0.2) is 30.1 Å². The van der Waals surface area contributed by atoms with Gasteiger partial charge < -0.3 is 14.8 Å². The molecule has 2 N–H and O–H groups in total. The summed E-state index contributed by atoms with van der Waals surface area (Å²) in [7, 11) is 1.67. The fourth-order valence-electron chi connectivity index (χ4n) is 2.14. The number of rotatable bonds is 1. The molecule has 0 saturated heterocycles. The van der Waals surface area contributed by atoms with Crippen LogP contribution in [0.15, 0.2) is 29.1 Å². The Labute approximate surface area is 106 Å². The quantitative estimate of drug-likeness (QED) is 0.666. The Bertz CT molecular complexity index is 891. The van der Waals surface area contributed by atoms with Gasteiger partial charge >= 0.3 is 11.5 Å². The molecule has 2 aromatic heterocycles. The molecule has 0 aliphatic carbocycles. The van der Waals surface area contributed by atoms with E-state index in [-0.39, 0.29) is 5.78 Å². The maximum atomic E-state index is 12.1. The molecular weight excluding hydrogens is 250 g/mol. The number of para-hydroxylation sites is 2. The summed E-state index contributed by atoms with van der Waals surface area (Å²) in [6, 6.07) is 7.02. The molecule has 0 amide bonds. The van der Waals surface area contributed by atoms with Gasteiger partial charge in [-0.25, -0.2) is 14.2 Å². The predicted molar refractivity (Wildman–Crippen MR) is 66.6 cm³/mol. The summed E-state index contributed by atoms with van der Waals surface area (Å²) in [5.41, 5.74) is -0.158. The Morgan fingerprint density at radius 2 is 1.89 bits per heavy atom. The maximum absolute atomic E-state index is 12.1. The van der Waals surface area contributed by atoms with Crippen LogP contribution >= 0.6 is 0 Å². The van der Waals surface area contributed by atoms with Crippen molar-refractivity contribution >= 4 is 22.8 Å². The fourth-order valence-corrected chi connectivity index (χ4v) is 2.14. The van der Waals surface area contributed by atoms with Crippen molar-refractivity contribution in [2.45, 2.75) is 0 Å². The average molecular weight is 259 g/mol. The van der Waals surface area contributed by atoms with Gasteiger partial charge in [-0.2, -0.15) is 0 Å². The summed E-state index contributed by atoms with van der Waals surface area (Å²) in [6.45, 7) is 0. The number of hydrogen-bond acceptors (Lipinski definition) is 4. The van der Waals surface area contributed by atoms with Crippen LogP contribution in [0.1, 0.15) is 10.5 Å². The third-order valence-corrected chi connectivity index (χ3v) is 3.03. The highest BCUT2D eigenvalue weighted by atomic mass is 16.4. The number of aromatic carboxylic acids is 1. The number of hydrogen-bond donors (Lipinski definition) is 2. The number of carboxylic acid groups (broad SMARTS) is 1. The van der Waals surface area contributed by atoms with Gasteiger partial charge in [0.15, 0.2) is 5.69 Å². The summed E-state index contributed by atoms with van der Waals surface area (Å²) in [6.07, 6.45) is 0. The van der Waals surface area contributed by atoms with Crippen molar-refractivity contribution in [1.82, 2.24) is 14.0 Å². The number of nitrogens with zero attached hydrogens (tertiary/aromatic N) is 3. The van der Waals surface area contributed by atoms with Gasteiger partial charge in [-0.3, -0.25) is 4.79 Å². The fraction of sp³-hybridized carbons (Fsp3) is 0.0833. The number of imidazole rings is 1. The van der Waals surface area contributed by atoms with Crippen LogP contribution in [0.2, 0.25) is 0 Å². The van der Waals surface area contributed by atoms with Crippen molar-refractivity contribution in [1.29, 1.82) is 0 Å². The third kappa shape index (κ3) is 1.35. The van der Waals surface area contributed by atoms with E-state index in [1.807, 2.05) is 0 Å². The first-order valence-electron chi connectivity index (χ1n) is 5.45. The Balaban J connectivity index is 2.65. The van der Waals surface area contributed by atoms with Crippen LogP contribution in [0.3, 0.4) is 0 Å². The Kier molecular flexibility index (Phi) is 2.12. The van der Waals surface area contributed by atoms with Crippen LogP contribution in [0.4, 0.5) is 0 Å². The molecule has 2 heterocycles. The van der Waals surface area contributed by atoms with Crippen LogP contribution in [0.5, 0.6) is 5.75 Å². The molecule has 96 valence electrons. The molecular formula is C12H9N3O4. The minimum atomic E-state index is -1.44. The lowest BCUT2D eigenvalue weighted by atomic mass is 10.3. The molecule has 0 aliphatic heterocycles. The summed E-state index contributed by atoms with van der Waals surface area (Å²) >= 11 is 0. The number of aryl methyl sites for hydroxylation is 1. The molecule has 7 heteroatoms. The van der Waals surface area contributed by atoms with Crippen LogP contribution in [0, 0.1) is 0 Å². The van der Waals surface area contributed by atoms with E-state index in [1.165, 1.54) is 4.40 Å². The molecule has 0 radical (unpaired) electrons. The maximum Gasteiger partial charge on any atom is 0.358 e. The number of carbonyl (C=O) groups is 1. The molecule has 0 bridgehead atoms. The number of carboxylic acids is 1. The van der Waals surface area contributed by atoms with E-state index in [0.717, 1.165) is 0 Å². The Morgan fingerprint density at radius 3 is 2.53 bits per heavy atom. The summed E-state index contributed by atoms with van der Waals surface area (Å²) < 4.78 is 2.79. The van der Waals surface area contributed by atoms with E-state index >= 15 is 0 Å². The van der Waals surface area contributed by atoms with Crippen LogP contribution in [0.25, 0.3) is 16.8 Å². The highest BCUT2D eigenvalue weighted by molar-refractivity contribution is 5.90. The number of benzene rings is 1. The SMILES string of the molecule is Cn1c2ccccc2n2c(=O)c(O)c(C(=O)O)nc12. The number of fused-ring (bicyclic) bond motifs is 3. The zero-order valence-corrected chi connectivity index (χ0v) is 9.86. The lowest BCUT2D eigenvalue weighted by molar-refractivity contribution is 0.0686. The normalized spacial score (nSPS) is 11.2. The van der Waals surface area contributed by atoms with Crippen molar-refractivity contribution < 1.29 is 15.0 Å². The van der Waals surface area contributed by atoms with E-state index in [9.17, 15) is 14.7 Å². The van der Waals surface area contributed by atoms with Crippen LogP contribution < -0.4 is 5.56 Å². The first-order chi connectivity index (χ1) is 9.02. The van der Waals surface area contributed by atoms with Crippen molar-refractivity contribution in [2.24, 2.45) is 7.05 Å². The Morgan fingerprint density at radius 1 is 1.26 bits per heavy atom. The standard InChI is InChI=1S/C12H9N3O4/c1-14-6-4-2-3-5-7(6)15-10(17)9(16)8(11(18)19)13-12(14)15/h2-5,16H,1H3,(H,18,19). The molecule has 7 nitrogen and oxygen atoms in total. The van der Waals surface area contributed by atoms with Gasteiger partial charge in [0.25, 0.3) is 0 Å². The monoisotopic (exact) mass is 259 g/mol. The molecule has 0 atom stereocenters. The smallest absolute Gasteiger partial charge is 0.358 e. The van der Waals surface area contributed by atoms with E-state index in [0.29, 0.717) is 11.0 Å². The minimum Gasteiger partial charge on any atom is -0.501 e. The van der Waals surface area contributed by atoms with Gasteiger partial charge in [-0.05, 0) is 12.1 Å². The highest BCUT2D eigenvalue weighted by Gasteiger charge is 2.21. The summed E-state index contributed by atoms with van der Waals surface area (Å²) in [5.74, 6) is -2.13. The second-order valence-corrected chi connectivity index (χ2v) is 4.10. The van der Waals surface area contributed by atoms with Gasteiger partial charge in [0.2, 0.25) is 11.5 Å². The lowest BCUT2D eigenvalue weighted by Crippen LogP contribution is -2.18. The largest absolute Gasteiger partial charge is 0.501 e. The molecule has 0 saturated carbocycles. The second kappa shape index (κ2) is 3.58. The zero-order valence-electron chi connectivity index (χ0n) is 9.86. The molecule has 0 aliphatic rings. The van der Waals surface area contributed by atoms with Crippen molar-refractivity contribution in [3.05, 3.63) is 40.3 Å². The first-order valence-corrected chi connectivity index (χ1v) is 5.45. The molecule has 0 spiro atoms. The predicted octanol–water partition coefficient (Wildman–Crippen LogP) is 0.590. The summed E-state index contributed by atoms with van der Waals surface area (Å²) in [4.78, 5) is 26.9. The average Bonchev–Trinajstić information content (AvgIpc) is 2.67. The van der Waals surface area contributed by atoms with E-state index in [1.54, 1.807) is 35.9 Å². The van der Waals surface area contributed by atoms with E-state index in [4.69, 9.17) is 5.11 Å². The van der Waals surface area contributed by atoms with E-state index in [2.05, 4.69) is 4.98 Å². The number of aromatic nitrogens is 3. The van der Waals surface area contributed by atoms with Gasteiger partial charge in [0.1, 0.15) is 0 Å². The van der Waals surface area contributed by atoms with Gasteiger partial charge in [0, 0.05) is 7.05 Å². The van der Waals surface area contributed by atoms with Gasteiger partial charge in [-0.15, -0.1) is 0 Å². The third-order valence-electron chi connectivity index (χ3n) is 3.03. The topological polar surface area (TPSA) is 96.8 Å². The van der Waals surface area contributed by atoms with Gasteiger partial charge in [0.05, 0.1) is 11.0 Å². The molecule has 19 heavy (non-hydrogen) atoms. The first kappa shape index (κ1) is 11.3. The summed E-state index contributed by atoms with van der Waals surface area (Å²) in [5, 5.41) is 18.6. The second-order valence-electron chi connectivity index (χ2n) is 4.10. The molecule has 3 rings (SSSR count). The zero-order chi connectivity index (χ0) is 13.7. The van der Waals surface area contributed by atoms with Crippen LogP contribution in [-0.2, 0) is 7.05 Å². The van der Waals surface area contributed by atoms with Crippen molar-refractivity contribution in [3.8, 4) is 5.75 Å². The van der Waals surface area contributed by atoms with Gasteiger partial charge in [-0.1, -0.05) is 12.1 Å².